The minimum Gasteiger partial charge on any atom is -0.463 e. The second-order valence-corrected chi connectivity index (χ2v) is 1.91. The summed E-state index contributed by atoms with van der Waals surface area (Å²) in [6.07, 6.45) is 0. The number of halogens is 1. The second-order valence-electron chi connectivity index (χ2n) is 1.35. The van der Waals surface area contributed by atoms with Gasteiger partial charge >= 0.3 is 5.97 Å². The molecule has 9 heavy (non-hydrogen) atoms. The van der Waals surface area contributed by atoms with Gasteiger partial charge in [0.25, 0.3) is 0 Å². The topological polar surface area (TPSA) is 35.5 Å². The van der Waals surface area contributed by atoms with Gasteiger partial charge in [-0.25, -0.2) is 0 Å². The summed E-state index contributed by atoms with van der Waals surface area (Å²) >= 11 is 2.95. The Balaban J connectivity index is 2.97. The molecular formula is C5H9BrO3. The SMILES string of the molecule is COCCOC(=O)CBr. The third-order valence-electron chi connectivity index (χ3n) is 0.660. The number of hydrogen-bond donors (Lipinski definition) is 0. The molecule has 0 N–H and O–H groups in total. The number of carbonyl (C=O) groups excluding carboxylic acids is 1. The van der Waals surface area contributed by atoms with Crippen molar-refractivity contribution in [2.24, 2.45) is 0 Å². The lowest BCUT2D eigenvalue weighted by molar-refractivity contribution is -0.141. The number of esters is 1. The van der Waals surface area contributed by atoms with Crippen LogP contribution in [-0.4, -0.2) is 31.6 Å². The molecule has 0 aliphatic carbocycles. The summed E-state index contributed by atoms with van der Waals surface area (Å²) in [6.45, 7) is 0.791. The monoisotopic (exact) mass is 196 g/mol. The Morgan fingerprint density at radius 2 is 2.22 bits per heavy atom. The van der Waals surface area contributed by atoms with Crippen molar-refractivity contribution >= 4 is 21.9 Å². The van der Waals surface area contributed by atoms with Crippen molar-refractivity contribution in [2.45, 2.75) is 0 Å². The van der Waals surface area contributed by atoms with Crippen molar-refractivity contribution in [1.29, 1.82) is 0 Å². The van der Waals surface area contributed by atoms with Crippen molar-refractivity contribution in [3.63, 3.8) is 0 Å². The third kappa shape index (κ3) is 5.79. The minimum absolute atomic E-state index is 0.247. The van der Waals surface area contributed by atoms with Crippen molar-refractivity contribution in [2.75, 3.05) is 25.7 Å². The summed E-state index contributed by atoms with van der Waals surface area (Å²) < 4.78 is 9.26. The van der Waals surface area contributed by atoms with Crippen LogP contribution in [0.4, 0.5) is 0 Å². The van der Waals surface area contributed by atoms with Gasteiger partial charge in [0.15, 0.2) is 0 Å². The van der Waals surface area contributed by atoms with Gasteiger partial charge in [0.1, 0.15) is 11.9 Å². The molecule has 0 aliphatic heterocycles. The van der Waals surface area contributed by atoms with E-state index >= 15 is 0 Å². The summed E-state index contributed by atoms with van der Waals surface area (Å²) in [5.74, 6) is -0.257. The predicted molar refractivity (Wildman–Crippen MR) is 36.6 cm³/mol. The first-order valence-corrected chi connectivity index (χ1v) is 3.64. The van der Waals surface area contributed by atoms with E-state index in [1.54, 1.807) is 7.11 Å². The largest absolute Gasteiger partial charge is 0.463 e. The van der Waals surface area contributed by atoms with Crippen LogP contribution in [0, 0.1) is 0 Å². The van der Waals surface area contributed by atoms with Gasteiger partial charge in [-0.1, -0.05) is 15.9 Å². The minimum atomic E-state index is -0.257. The lowest BCUT2D eigenvalue weighted by Gasteiger charge is -1.99. The fourth-order valence-electron chi connectivity index (χ4n) is 0.277. The van der Waals surface area contributed by atoms with Gasteiger partial charge < -0.3 is 9.47 Å². The molecule has 0 aliphatic rings. The maximum atomic E-state index is 10.4. The normalized spacial score (nSPS) is 9.11. The predicted octanol–water partition coefficient (Wildman–Crippen LogP) is 0.571. The van der Waals surface area contributed by atoms with Crippen molar-refractivity contribution in [1.82, 2.24) is 0 Å². The van der Waals surface area contributed by atoms with Gasteiger partial charge in [-0.15, -0.1) is 0 Å². The molecule has 0 unspecified atom stereocenters. The molecule has 0 rings (SSSR count). The van der Waals surface area contributed by atoms with Crippen LogP contribution in [0.1, 0.15) is 0 Å². The first-order chi connectivity index (χ1) is 4.31. The average Bonchev–Trinajstić information content (AvgIpc) is 1.89. The highest BCUT2D eigenvalue weighted by atomic mass is 79.9. The Kier molecular flexibility index (Phi) is 5.98. The van der Waals surface area contributed by atoms with E-state index in [0.29, 0.717) is 13.2 Å². The van der Waals surface area contributed by atoms with Gasteiger partial charge in [-0.3, -0.25) is 4.79 Å². The highest BCUT2D eigenvalue weighted by Crippen LogP contribution is 1.84. The molecule has 0 amide bonds. The molecule has 0 aromatic rings. The van der Waals surface area contributed by atoms with Gasteiger partial charge in [-0.05, 0) is 0 Å². The number of ether oxygens (including phenoxy) is 2. The first-order valence-electron chi connectivity index (χ1n) is 2.51. The lowest BCUT2D eigenvalue weighted by atomic mass is 10.7. The molecule has 0 bridgehead atoms. The van der Waals surface area contributed by atoms with Crippen molar-refractivity contribution in [3.8, 4) is 0 Å². The summed E-state index contributed by atoms with van der Waals surface area (Å²) in [5, 5.41) is 0.247. The Morgan fingerprint density at radius 1 is 1.56 bits per heavy atom. The maximum absolute atomic E-state index is 10.4. The summed E-state index contributed by atoms with van der Waals surface area (Å²) in [4.78, 5) is 10.4. The zero-order chi connectivity index (χ0) is 7.11. The number of rotatable bonds is 4. The Bertz CT molecular complexity index is 84.3. The fraction of sp³-hybridized carbons (Fsp3) is 0.800. The number of hydrogen-bond acceptors (Lipinski definition) is 3. The van der Waals surface area contributed by atoms with Crippen LogP contribution in [0.15, 0.2) is 0 Å². The highest BCUT2D eigenvalue weighted by Gasteiger charge is 1.96. The molecule has 54 valence electrons. The molecule has 0 fully saturated rings. The Labute approximate surface area is 62.5 Å². The maximum Gasteiger partial charge on any atom is 0.316 e. The Hall–Kier alpha value is -0.0900. The van der Waals surface area contributed by atoms with Crippen LogP contribution < -0.4 is 0 Å². The molecule has 0 saturated heterocycles. The van der Waals surface area contributed by atoms with E-state index in [1.165, 1.54) is 0 Å². The molecule has 0 aromatic carbocycles. The van der Waals surface area contributed by atoms with E-state index in [-0.39, 0.29) is 11.3 Å². The van der Waals surface area contributed by atoms with Crippen molar-refractivity contribution < 1.29 is 14.3 Å². The molecule has 0 saturated carbocycles. The zero-order valence-electron chi connectivity index (χ0n) is 5.22. The van der Waals surface area contributed by atoms with E-state index < -0.39 is 0 Å². The molecule has 0 aromatic heterocycles. The van der Waals surface area contributed by atoms with Gasteiger partial charge in [0, 0.05) is 7.11 Å². The van der Waals surface area contributed by atoms with Gasteiger partial charge in [-0.2, -0.15) is 0 Å². The van der Waals surface area contributed by atoms with Gasteiger partial charge in [0.05, 0.1) is 6.61 Å². The van der Waals surface area contributed by atoms with Gasteiger partial charge in [0.2, 0.25) is 0 Å². The first kappa shape index (κ1) is 8.91. The quantitative estimate of drug-likeness (QED) is 0.375. The van der Waals surface area contributed by atoms with Crippen LogP contribution in [0.3, 0.4) is 0 Å². The van der Waals surface area contributed by atoms with E-state index in [2.05, 4.69) is 25.4 Å². The molecule has 3 nitrogen and oxygen atoms in total. The lowest BCUT2D eigenvalue weighted by Crippen LogP contribution is -2.09. The summed E-state index contributed by atoms with van der Waals surface area (Å²) in [5.41, 5.74) is 0. The van der Waals surface area contributed by atoms with Crippen LogP contribution >= 0.6 is 15.9 Å². The van der Waals surface area contributed by atoms with E-state index in [4.69, 9.17) is 0 Å². The summed E-state index contributed by atoms with van der Waals surface area (Å²) in [6, 6.07) is 0. The average molecular weight is 197 g/mol. The number of methoxy groups -OCH3 is 1. The van der Waals surface area contributed by atoms with E-state index in [1.807, 2.05) is 0 Å². The summed E-state index contributed by atoms with van der Waals surface area (Å²) in [7, 11) is 1.56. The van der Waals surface area contributed by atoms with Crippen LogP contribution in [0.2, 0.25) is 0 Å². The fourth-order valence-corrected chi connectivity index (χ4v) is 0.439. The van der Waals surface area contributed by atoms with Crippen LogP contribution in [0.5, 0.6) is 0 Å². The molecule has 0 heterocycles. The highest BCUT2D eigenvalue weighted by molar-refractivity contribution is 9.09. The number of carbonyl (C=O) groups is 1. The zero-order valence-corrected chi connectivity index (χ0v) is 6.81. The molecule has 0 radical (unpaired) electrons. The van der Waals surface area contributed by atoms with Crippen LogP contribution in [0.25, 0.3) is 0 Å². The molecular weight excluding hydrogens is 188 g/mol. The standard InChI is InChI=1S/C5H9BrO3/c1-8-2-3-9-5(7)4-6/h2-4H2,1H3. The Morgan fingerprint density at radius 3 is 2.67 bits per heavy atom. The van der Waals surface area contributed by atoms with E-state index in [9.17, 15) is 4.79 Å². The van der Waals surface area contributed by atoms with E-state index in [0.717, 1.165) is 0 Å². The van der Waals surface area contributed by atoms with Crippen LogP contribution in [-0.2, 0) is 14.3 Å². The molecule has 0 atom stereocenters. The third-order valence-corrected chi connectivity index (χ3v) is 1.12. The molecule has 0 spiro atoms. The molecule has 4 heteroatoms. The second kappa shape index (κ2) is 6.04. The smallest absolute Gasteiger partial charge is 0.316 e. The van der Waals surface area contributed by atoms with Crippen molar-refractivity contribution in [3.05, 3.63) is 0 Å². The number of alkyl halides is 1.